The summed E-state index contributed by atoms with van der Waals surface area (Å²) >= 11 is 0. The summed E-state index contributed by atoms with van der Waals surface area (Å²) in [7, 11) is 0. The van der Waals surface area contributed by atoms with Gasteiger partial charge >= 0.3 is 5.97 Å². The van der Waals surface area contributed by atoms with Gasteiger partial charge in [0.05, 0.1) is 0 Å². The van der Waals surface area contributed by atoms with Gasteiger partial charge < -0.3 is 15.4 Å². The predicted octanol–water partition coefficient (Wildman–Crippen LogP) is 3.32. The van der Waals surface area contributed by atoms with E-state index in [0.717, 1.165) is 30.4 Å². The number of ether oxygens (including phenoxy) is 1. The third-order valence-electron chi connectivity index (χ3n) is 5.17. The topological polar surface area (TPSA) is 89.7 Å². The summed E-state index contributed by atoms with van der Waals surface area (Å²) in [4.78, 5) is 38.4. The van der Waals surface area contributed by atoms with Gasteiger partial charge in [0.2, 0.25) is 5.91 Å². The van der Waals surface area contributed by atoms with E-state index < -0.39 is 35.2 Å². The second-order valence-corrected chi connectivity index (χ2v) is 8.58. The zero-order valence-electron chi connectivity index (χ0n) is 17.1. The van der Waals surface area contributed by atoms with Crippen LogP contribution in [0.5, 0.6) is 0 Å². The van der Waals surface area contributed by atoms with E-state index >= 15 is 0 Å². The molecule has 29 heavy (non-hydrogen) atoms. The molecule has 1 aromatic rings. The Kier molecular flexibility index (Phi) is 5.78. The number of carbonyl (C=O) groups is 3. The number of fused-ring (bicyclic) bond motifs is 1. The van der Waals surface area contributed by atoms with Crippen molar-refractivity contribution in [3.63, 3.8) is 0 Å². The van der Waals surface area contributed by atoms with Gasteiger partial charge in [-0.1, -0.05) is 6.08 Å². The summed E-state index contributed by atoms with van der Waals surface area (Å²) in [5.41, 5.74) is 7.64. The van der Waals surface area contributed by atoms with Crippen LogP contribution in [0.3, 0.4) is 0 Å². The normalized spacial score (nSPS) is 17.2. The Morgan fingerprint density at radius 1 is 1.28 bits per heavy atom. The summed E-state index contributed by atoms with van der Waals surface area (Å²) < 4.78 is 19.5. The van der Waals surface area contributed by atoms with E-state index in [9.17, 15) is 18.8 Å². The van der Waals surface area contributed by atoms with Crippen molar-refractivity contribution in [1.29, 1.82) is 0 Å². The van der Waals surface area contributed by atoms with Gasteiger partial charge in [-0.25, -0.2) is 4.39 Å². The van der Waals surface area contributed by atoms with Crippen LogP contribution in [0.1, 0.15) is 74.4 Å². The van der Waals surface area contributed by atoms with Crippen molar-refractivity contribution in [3.05, 3.63) is 40.7 Å². The van der Waals surface area contributed by atoms with E-state index in [-0.39, 0.29) is 24.9 Å². The first kappa shape index (κ1) is 21.0. The number of rotatable bonds is 6. The Hall–Kier alpha value is -2.70. The van der Waals surface area contributed by atoms with Gasteiger partial charge in [0.1, 0.15) is 17.5 Å². The molecule has 7 heteroatoms. The molecule has 2 aliphatic rings. The average molecular weight is 402 g/mol. The van der Waals surface area contributed by atoms with Crippen LogP contribution < -0.4 is 5.73 Å². The molecule has 6 nitrogen and oxygen atoms in total. The van der Waals surface area contributed by atoms with E-state index in [1.165, 1.54) is 17.0 Å². The Morgan fingerprint density at radius 2 is 1.97 bits per heavy atom. The summed E-state index contributed by atoms with van der Waals surface area (Å²) in [6, 6.07) is 1.70. The molecule has 1 unspecified atom stereocenters. The molecule has 1 aromatic carbocycles. The van der Waals surface area contributed by atoms with Crippen LogP contribution in [0.25, 0.3) is 5.57 Å². The third kappa shape index (κ3) is 4.66. The Bertz CT molecular complexity index is 886. The van der Waals surface area contributed by atoms with Crippen LogP contribution in [0.2, 0.25) is 0 Å². The number of hydrogen-bond acceptors (Lipinski definition) is 4. The van der Waals surface area contributed by atoms with Gasteiger partial charge in [-0.05, 0) is 75.3 Å². The molecule has 0 saturated heterocycles. The fraction of sp³-hybridized carbons (Fsp3) is 0.500. The second kappa shape index (κ2) is 7.97. The molecule has 0 radical (unpaired) electrons. The highest BCUT2D eigenvalue weighted by atomic mass is 19.1. The zero-order chi connectivity index (χ0) is 21.3. The largest absolute Gasteiger partial charge is 0.460 e. The molecule has 1 aliphatic heterocycles. The second-order valence-electron chi connectivity index (χ2n) is 8.58. The van der Waals surface area contributed by atoms with Crippen LogP contribution in [-0.2, 0) is 20.9 Å². The minimum Gasteiger partial charge on any atom is -0.460 e. The first-order chi connectivity index (χ1) is 13.6. The summed E-state index contributed by atoms with van der Waals surface area (Å²) in [6.07, 6.45) is 4.84. The van der Waals surface area contributed by atoms with E-state index in [1.807, 2.05) is 0 Å². The molecule has 3 rings (SSSR count). The number of esters is 1. The number of hydrogen-bond donors (Lipinski definition) is 1. The monoisotopic (exact) mass is 402 g/mol. The van der Waals surface area contributed by atoms with E-state index in [1.54, 1.807) is 20.8 Å². The van der Waals surface area contributed by atoms with Crippen molar-refractivity contribution in [2.24, 2.45) is 5.73 Å². The highest BCUT2D eigenvalue weighted by Gasteiger charge is 2.38. The fourth-order valence-corrected chi connectivity index (χ4v) is 3.95. The van der Waals surface area contributed by atoms with Gasteiger partial charge in [-0.3, -0.25) is 14.4 Å². The molecule has 156 valence electrons. The van der Waals surface area contributed by atoms with E-state index in [4.69, 9.17) is 10.5 Å². The molecule has 1 aliphatic carbocycles. The Morgan fingerprint density at radius 3 is 2.55 bits per heavy atom. The van der Waals surface area contributed by atoms with Crippen molar-refractivity contribution >= 4 is 23.4 Å². The molecule has 0 spiro atoms. The van der Waals surface area contributed by atoms with Crippen LogP contribution in [0.4, 0.5) is 4.39 Å². The minimum absolute atomic E-state index is 0.0443. The molecule has 2 N–H and O–H groups in total. The van der Waals surface area contributed by atoms with Gasteiger partial charge in [-0.15, -0.1) is 0 Å². The summed E-state index contributed by atoms with van der Waals surface area (Å²) in [5, 5.41) is 0. The van der Waals surface area contributed by atoms with Crippen LogP contribution in [0, 0.1) is 5.82 Å². The molecule has 0 aromatic heterocycles. The van der Waals surface area contributed by atoms with Crippen LogP contribution >= 0.6 is 0 Å². The third-order valence-corrected chi connectivity index (χ3v) is 5.17. The van der Waals surface area contributed by atoms with Gasteiger partial charge in [-0.2, -0.15) is 0 Å². The van der Waals surface area contributed by atoms with Gasteiger partial charge in [0.15, 0.2) is 0 Å². The lowest BCUT2D eigenvalue weighted by Crippen LogP contribution is -2.45. The standard InChI is InChI=1S/C22H27FN2O4/c1-22(2,3)29-19(26)9-8-18(20(24)27)25-12-17-15(13-6-4-5-7-13)10-14(23)11-16(17)21(25)28/h6,10-11,18H,4-5,7-9,12H2,1-3H3,(H2,24,27). The van der Waals surface area contributed by atoms with Gasteiger partial charge in [0.25, 0.3) is 5.91 Å². The molecular weight excluding hydrogens is 375 g/mol. The molecule has 0 fully saturated rings. The maximum atomic E-state index is 14.2. The maximum Gasteiger partial charge on any atom is 0.306 e. The number of primary amides is 1. The minimum atomic E-state index is -0.962. The van der Waals surface area contributed by atoms with Crippen molar-refractivity contribution < 1.29 is 23.5 Å². The average Bonchev–Trinajstić information content (AvgIpc) is 3.22. The molecule has 2 amide bonds. The number of nitrogens with zero attached hydrogens (tertiary/aromatic N) is 1. The van der Waals surface area contributed by atoms with E-state index in [0.29, 0.717) is 5.56 Å². The lowest BCUT2D eigenvalue weighted by atomic mass is 9.96. The zero-order valence-corrected chi connectivity index (χ0v) is 17.1. The molecular formula is C22H27FN2O4. The SMILES string of the molecule is CC(C)(C)OC(=O)CCC(C(N)=O)N1Cc2c(cc(F)cc2C2=CCCC2)C1=O. The highest BCUT2D eigenvalue weighted by molar-refractivity contribution is 6.02. The number of benzene rings is 1. The van der Waals surface area contributed by atoms with Crippen molar-refractivity contribution in [2.45, 2.75) is 71.1 Å². The number of amides is 2. The quantitative estimate of drug-likeness (QED) is 0.739. The lowest BCUT2D eigenvalue weighted by molar-refractivity contribution is -0.155. The number of nitrogens with two attached hydrogens (primary N) is 1. The Labute approximate surface area is 169 Å². The first-order valence-electron chi connectivity index (χ1n) is 9.91. The molecule has 1 atom stereocenters. The van der Waals surface area contributed by atoms with E-state index in [2.05, 4.69) is 6.08 Å². The summed E-state index contributed by atoms with van der Waals surface area (Å²) in [6.45, 7) is 5.43. The molecule has 1 heterocycles. The molecule has 0 saturated carbocycles. The predicted molar refractivity (Wildman–Crippen MR) is 106 cm³/mol. The van der Waals surface area contributed by atoms with Crippen molar-refractivity contribution in [1.82, 2.24) is 4.90 Å². The number of carbonyl (C=O) groups excluding carboxylic acids is 3. The van der Waals surface area contributed by atoms with Crippen molar-refractivity contribution in [2.75, 3.05) is 0 Å². The first-order valence-corrected chi connectivity index (χ1v) is 9.91. The summed E-state index contributed by atoms with van der Waals surface area (Å²) in [5.74, 6) is -2.08. The smallest absolute Gasteiger partial charge is 0.306 e. The highest BCUT2D eigenvalue weighted by Crippen LogP contribution is 2.37. The van der Waals surface area contributed by atoms with Crippen LogP contribution in [0.15, 0.2) is 18.2 Å². The molecule has 0 bridgehead atoms. The number of allylic oxidation sites excluding steroid dienone is 2. The maximum absolute atomic E-state index is 14.2. The lowest BCUT2D eigenvalue weighted by Gasteiger charge is -2.26. The van der Waals surface area contributed by atoms with Crippen molar-refractivity contribution in [3.8, 4) is 0 Å². The van der Waals surface area contributed by atoms with Crippen LogP contribution in [-0.4, -0.2) is 34.3 Å². The number of halogens is 1. The fourth-order valence-electron chi connectivity index (χ4n) is 3.95. The Balaban J connectivity index is 1.82. The van der Waals surface area contributed by atoms with Gasteiger partial charge in [0, 0.05) is 18.5 Å².